The molecule has 1 atom stereocenters. The normalized spacial score (nSPS) is 11.1. The second-order valence-corrected chi connectivity index (χ2v) is 3.59. The van der Waals surface area contributed by atoms with Gasteiger partial charge in [0.15, 0.2) is 0 Å². The van der Waals surface area contributed by atoms with Gasteiger partial charge in [-0.15, -0.1) is 0 Å². The molecule has 1 aromatic rings. The van der Waals surface area contributed by atoms with Gasteiger partial charge in [-0.05, 0) is 25.5 Å². The Balaban J connectivity index is 0.000000304. The zero-order valence-electron chi connectivity index (χ0n) is 10.7. The van der Waals surface area contributed by atoms with E-state index in [0.29, 0.717) is 0 Å². The summed E-state index contributed by atoms with van der Waals surface area (Å²) < 4.78 is 9.69. The molecule has 0 aromatic heterocycles. The van der Waals surface area contributed by atoms with Gasteiger partial charge in [-0.1, -0.05) is 18.2 Å². The van der Waals surface area contributed by atoms with Crippen molar-refractivity contribution >= 4 is 5.97 Å². The standard InChI is InChI=1S/C8H10O.C5H10O3/c1-7-5-3-4-6-8(7)9-2;1-4(8-2)3-5(6)7/h3-6H,1-2H3;4H,3H2,1-2H3,(H,6,7)/p-1. The van der Waals surface area contributed by atoms with Crippen LogP contribution in [0.1, 0.15) is 18.9 Å². The second kappa shape index (κ2) is 8.58. The van der Waals surface area contributed by atoms with Gasteiger partial charge in [0.05, 0.1) is 13.2 Å². The predicted octanol–water partition coefficient (Wildman–Crippen LogP) is 1.16. The number of carboxylic acids is 1. The summed E-state index contributed by atoms with van der Waals surface area (Å²) in [6.07, 6.45) is -0.267. The Morgan fingerprint density at radius 1 is 1.35 bits per heavy atom. The fourth-order valence-electron chi connectivity index (χ4n) is 1.10. The van der Waals surface area contributed by atoms with E-state index >= 15 is 0 Å². The van der Waals surface area contributed by atoms with E-state index in [2.05, 4.69) is 4.74 Å². The molecule has 0 N–H and O–H groups in total. The number of carboxylic acid groups (broad SMARTS) is 1. The third-order valence-corrected chi connectivity index (χ3v) is 2.17. The summed E-state index contributed by atoms with van der Waals surface area (Å²) in [5.41, 5.74) is 1.18. The summed E-state index contributed by atoms with van der Waals surface area (Å²) in [5, 5.41) is 9.78. The Bertz CT molecular complexity index is 336. The van der Waals surface area contributed by atoms with Gasteiger partial charge in [-0.2, -0.15) is 0 Å². The average molecular weight is 239 g/mol. The molecule has 0 saturated carbocycles. The molecule has 4 nitrogen and oxygen atoms in total. The molecule has 96 valence electrons. The van der Waals surface area contributed by atoms with Crippen molar-refractivity contribution < 1.29 is 19.4 Å². The Hall–Kier alpha value is -1.55. The van der Waals surface area contributed by atoms with Crippen molar-refractivity contribution in [1.82, 2.24) is 0 Å². The maximum absolute atomic E-state index is 9.78. The molecule has 17 heavy (non-hydrogen) atoms. The summed E-state index contributed by atoms with van der Waals surface area (Å²) in [7, 11) is 3.15. The first kappa shape index (κ1) is 15.4. The van der Waals surface area contributed by atoms with Crippen LogP contribution in [0.25, 0.3) is 0 Å². The van der Waals surface area contributed by atoms with E-state index in [1.54, 1.807) is 14.0 Å². The van der Waals surface area contributed by atoms with E-state index in [1.807, 2.05) is 31.2 Å². The van der Waals surface area contributed by atoms with Crippen molar-refractivity contribution in [3.05, 3.63) is 29.8 Å². The Kier molecular flexibility index (Phi) is 7.80. The highest BCUT2D eigenvalue weighted by molar-refractivity contribution is 5.64. The molecule has 1 rings (SSSR count). The van der Waals surface area contributed by atoms with Gasteiger partial charge in [0.25, 0.3) is 0 Å². The van der Waals surface area contributed by atoms with Crippen molar-refractivity contribution in [3.8, 4) is 5.75 Å². The number of rotatable bonds is 4. The smallest absolute Gasteiger partial charge is 0.121 e. The lowest BCUT2D eigenvalue weighted by atomic mass is 10.2. The molecule has 1 aromatic carbocycles. The van der Waals surface area contributed by atoms with Crippen LogP contribution in [0.4, 0.5) is 0 Å². The van der Waals surface area contributed by atoms with Gasteiger partial charge in [0.1, 0.15) is 5.75 Å². The van der Waals surface area contributed by atoms with Crippen LogP contribution >= 0.6 is 0 Å². The predicted molar refractivity (Wildman–Crippen MR) is 63.8 cm³/mol. The van der Waals surface area contributed by atoms with E-state index in [0.717, 1.165) is 5.75 Å². The summed E-state index contributed by atoms with van der Waals surface area (Å²) in [5.74, 6) is -0.114. The Morgan fingerprint density at radius 2 is 1.94 bits per heavy atom. The van der Waals surface area contributed by atoms with Gasteiger partial charge < -0.3 is 19.4 Å². The van der Waals surface area contributed by atoms with Crippen LogP contribution in [0, 0.1) is 6.92 Å². The number of para-hydroxylation sites is 1. The Labute approximate surface area is 102 Å². The zero-order chi connectivity index (χ0) is 13.3. The number of ether oxygens (including phenoxy) is 2. The molecule has 0 fully saturated rings. The zero-order valence-corrected chi connectivity index (χ0v) is 10.7. The van der Waals surface area contributed by atoms with Crippen molar-refractivity contribution in [1.29, 1.82) is 0 Å². The summed E-state index contributed by atoms with van der Waals surface area (Å²) >= 11 is 0. The molecule has 0 spiro atoms. The lowest BCUT2D eigenvalue weighted by Crippen LogP contribution is -2.26. The minimum absolute atomic E-state index is 0.0312. The van der Waals surface area contributed by atoms with Crippen LogP contribution in [0.3, 0.4) is 0 Å². The molecule has 0 saturated heterocycles. The molecular formula is C13H19O4-. The number of aliphatic carboxylic acids is 1. The van der Waals surface area contributed by atoms with Gasteiger partial charge in [-0.3, -0.25) is 0 Å². The number of hydrogen-bond donors (Lipinski definition) is 0. The number of hydrogen-bond acceptors (Lipinski definition) is 4. The molecule has 0 aliphatic rings. The molecular weight excluding hydrogens is 220 g/mol. The first-order valence-electron chi connectivity index (χ1n) is 5.33. The van der Waals surface area contributed by atoms with Crippen LogP contribution in [0.15, 0.2) is 24.3 Å². The molecule has 0 radical (unpaired) electrons. The van der Waals surface area contributed by atoms with Crippen LogP contribution in [0.5, 0.6) is 5.75 Å². The molecule has 4 heteroatoms. The van der Waals surface area contributed by atoms with Gasteiger partial charge in [0, 0.05) is 19.5 Å². The Morgan fingerprint density at radius 3 is 2.24 bits per heavy atom. The fourth-order valence-corrected chi connectivity index (χ4v) is 1.10. The monoisotopic (exact) mass is 239 g/mol. The van der Waals surface area contributed by atoms with Gasteiger partial charge in [-0.25, -0.2) is 0 Å². The second-order valence-electron chi connectivity index (χ2n) is 3.59. The number of benzene rings is 1. The van der Waals surface area contributed by atoms with Crippen LogP contribution in [0.2, 0.25) is 0 Å². The number of carbonyl (C=O) groups excluding carboxylic acids is 1. The number of methoxy groups -OCH3 is 2. The highest BCUT2D eigenvalue weighted by Gasteiger charge is 1.96. The van der Waals surface area contributed by atoms with Crippen molar-refractivity contribution in [2.45, 2.75) is 26.4 Å². The third-order valence-electron chi connectivity index (χ3n) is 2.17. The van der Waals surface area contributed by atoms with Crippen molar-refractivity contribution in [3.63, 3.8) is 0 Å². The van der Waals surface area contributed by atoms with Crippen LogP contribution < -0.4 is 9.84 Å². The minimum atomic E-state index is -1.07. The molecule has 0 heterocycles. The fraction of sp³-hybridized carbons (Fsp3) is 0.462. The summed E-state index contributed by atoms with van der Waals surface area (Å²) in [6.45, 7) is 3.70. The number of carbonyl (C=O) groups is 1. The van der Waals surface area contributed by atoms with Gasteiger partial charge >= 0.3 is 0 Å². The molecule has 1 unspecified atom stereocenters. The topological polar surface area (TPSA) is 58.6 Å². The molecule has 0 aliphatic carbocycles. The first-order chi connectivity index (χ1) is 8.01. The minimum Gasteiger partial charge on any atom is -0.550 e. The quantitative estimate of drug-likeness (QED) is 0.791. The van der Waals surface area contributed by atoms with E-state index < -0.39 is 5.97 Å². The lowest BCUT2D eigenvalue weighted by molar-refractivity contribution is -0.307. The van der Waals surface area contributed by atoms with Crippen molar-refractivity contribution in [2.75, 3.05) is 14.2 Å². The summed E-state index contributed by atoms with van der Waals surface area (Å²) in [6, 6.07) is 7.94. The van der Waals surface area contributed by atoms with E-state index in [-0.39, 0.29) is 12.5 Å². The van der Waals surface area contributed by atoms with Crippen LogP contribution in [-0.4, -0.2) is 26.3 Å². The highest BCUT2D eigenvalue weighted by atomic mass is 16.5. The lowest BCUT2D eigenvalue weighted by Gasteiger charge is -2.08. The first-order valence-corrected chi connectivity index (χ1v) is 5.33. The van der Waals surface area contributed by atoms with Crippen LogP contribution in [-0.2, 0) is 9.53 Å². The summed E-state index contributed by atoms with van der Waals surface area (Å²) in [4.78, 5) is 9.78. The highest BCUT2D eigenvalue weighted by Crippen LogP contribution is 2.14. The SMILES string of the molecule is COC(C)CC(=O)[O-].COc1ccccc1C. The van der Waals surface area contributed by atoms with Gasteiger partial charge in [0.2, 0.25) is 0 Å². The van der Waals surface area contributed by atoms with E-state index in [1.165, 1.54) is 12.7 Å². The molecule has 0 aliphatic heterocycles. The maximum Gasteiger partial charge on any atom is 0.121 e. The molecule has 0 amide bonds. The maximum atomic E-state index is 9.78. The average Bonchev–Trinajstić information content (AvgIpc) is 2.29. The van der Waals surface area contributed by atoms with E-state index in [9.17, 15) is 9.90 Å². The third kappa shape index (κ3) is 7.36. The molecule has 0 bridgehead atoms. The van der Waals surface area contributed by atoms with E-state index in [4.69, 9.17) is 4.74 Å². The van der Waals surface area contributed by atoms with Crippen molar-refractivity contribution in [2.24, 2.45) is 0 Å². The largest absolute Gasteiger partial charge is 0.550 e. The number of aryl methyl sites for hydroxylation is 1.